The lowest BCUT2D eigenvalue weighted by Gasteiger charge is -2.34. The Labute approximate surface area is 124 Å². The first kappa shape index (κ1) is 15.5. The molecule has 0 aromatic heterocycles. The third-order valence-corrected chi connectivity index (χ3v) is 4.61. The van der Waals surface area contributed by atoms with Crippen LogP contribution in [0.2, 0.25) is 0 Å². The van der Waals surface area contributed by atoms with Crippen molar-refractivity contribution >= 4 is 0 Å². The van der Waals surface area contributed by atoms with E-state index < -0.39 is 0 Å². The zero-order valence-corrected chi connectivity index (χ0v) is 13.1. The average Bonchev–Trinajstić information content (AvgIpc) is 2.66. The molecular weight excluding hydrogens is 244 g/mol. The van der Waals surface area contributed by atoms with Crippen LogP contribution in [-0.2, 0) is 0 Å². The molecular formula is C18H30N2. The highest BCUT2D eigenvalue weighted by atomic mass is 15.2. The predicted octanol–water partition coefficient (Wildman–Crippen LogP) is 3.98. The fourth-order valence-corrected chi connectivity index (χ4v) is 3.66. The summed E-state index contributed by atoms with van der Waals surface area (Å²) in [6.07, 6.45) is 6.76. The third kappa shape index (κ3) is 4.07. The van der Waals surface area contributed by atoms with Gasteiger partial charge in [0.15, 0.2) is 0 Å². The van der Waals surface area contributed by atoms with E-state index in [4.69, 9.17) is 5.73 Å². The Kier molecular flexibility index (Phi) is 6.06. The van der Waals surface area contributed by atoms with Crippen molar-refractivity contribution in [1.82, 2.24) is 4.90 Å². The molecule has 1 fully saturated rings. The number of nitrogens with two attached hydrogens (primary N) is 1. The summed E-state index contributed by atoms with van der Waals surface area (Å²) in [5.74, 6) is 0.925. The fraction of sp³-hybridized carbons (Fsp3) is 0.667. The molecule has 1 aliphatic rings. The van der Waals surface area contributed by atoms with Gasteiger partial charge in [-0.1, -0.05) is 50.1 Å². The van der Waals surface area contributed by atoms with Crippen LogP contribution in [0.5, 0.6) is 0 Å². The van der Waals surface area contributed by atoms with Crippen molar-refractivity contribution in [3.05, 3.63) is 35.9 Å². The van der Waals surface area contributed by atoms with E-state index in [0.29, 0.717) is 6.04 Å². The minimum Gasteiger partial charge on any atom is -0.326 e. The summed E-state index contributed by atoms with van der Waals surface area (Å²) < 4.78 is 0. The molecule has 112 valence electrons. The molecule has 3 atom stereocenters. The van der Waals surface area contributed by atoms with E-state index in [1.54, 1.807) is 0 Å². The van der Waals surface area contributed by atoms with Crippen molar-refractivity contribution in [3.63, 3.8) is 0 Å². The van der Waals surface area contributed by atoms with Gasteiger partial charge in [0, 0.05) is 12.1 Å². The molecule has 0 saturated carbocycles. The lowest BCUT2D eigenvalue weighted by molar-refractivity contribution is 0.180. The summed E-state index contributed by atoms with van der Waals surface area (Å²) in [6.45, 7) is 6.84. The van der Waals surface area contributed by atoms with Crippen LogP contribution in [-0.4, -0.2) is 24.0 Å². The Bertz CT molecular complexity index is 374. The number of rotatable bonds is 5. The van der Waals surface area contributed by atoms with Gasteiger partial charge in [0.05, 0.1) is 0 Å². The number of likely N-dealkylation sites (tertiary alicyclic amines) is 1. The van der Waals surface area contributed by atoms with Gasteiger partial charge in [-0.15, -0.1) is 0 Å². The molecule has 2 heteroatoms. The van der Waals surface area contributed by atoms with E-state index in [0.717, 1.165) is 5.92 Å². The molecule has 20 heavy (non-hydrogen) atoms. The Balaban J connectivity index is 2.07. The van der Waals surface area contributed by atoms with E-state index in [2.05, 4.69) is 49.1 Å². The molecule has 1 aliphatic heterocycles. The lowest BCUT2D eigenvalue weighted by atomic mass is 9.95. The maximum atomic E-state index is 6.30. The van der Waals surface area contributed by atoms with Crippen molar-refractivity contribution in [2.24, 2.45) is 11.7 Å². The van der Waals surface area contributed by atoms with Crippen LogP contribution in [0.1, 0.15) is 57.6 Å². The van der Waals surface area contributed by atoms with Crippen LogP contribution in [0, 0.1) is 5.92 Å². The summed E-state index contributed by atoms with van der Waals surface area (Å²) in [6, 6.07) is 11.3. The minimum atomic E-state index is 0.181. The predicted molar refractivity (Wildman–Crippen MR) is 86.7 cm³/mol. The first-order valence-electron chi connectivity index (χ1n) is 8.27. The van der Waals surface area contributed by atoms with E-state index >= 15 is 0 Å². The SMILES string of the molecule is CCCC1CCCN(C(c2ccccc2)C(C)N)CC1. The van der Waals surface area contributed by atoms with E-state index in [-0.39, 0.29) is 6.04 Å². The molecule has 0 spiro atoms. The maximum Gasteiger partial charge on any atom is 0.0496 e. The fourth-order valence-electron chi connectivity index (χ4n) is 3.66. The molecule has 2 N–H and O–H groups in total. The Morgan fingerprint density at radius 1 is 1.20 bits per heavy atom. The number of hydrogen-bond acceptors (Lipinski definition) is 2. The van der Waals surface area contributed by atoms with E-state index in [9.17, 15) is 0 Å². The van der Waals surface area contributed by atoms with Crippen molar-refractivity contribution in [2.45, 2.75) is 58.0 Å². The van der Waals surface area contributed by atoms with Gasteiger partial charge in [-0.25, -0.2) is 0 Å². The molecule has 1 aromatic carbocycles. The number of hydrogen-bond donors (Lipinski definition) is 1. The second-order valence-corrected chi connectivity index (χ2v) is 6.34. The van der Waals surface area contributed by atoms with E-state index in [1.165, 1.54) is 50.8 Å². The Morgan fingerprint density at radius 2 is 1.95 bits per heavy atom. The van der Waals surface area contributed by atoms with Crippen molar-refractivity contribution < 1.29 is 0 Å². The van der Waals surface area contributed by atoms with Crippen LogP contribution < -0.4 is 5.73 Å². The smallest absolute Gasteiger partial charge is 0.0496 e. The van der Waals surface area contributed by atoms with Crippen LogP contribution in [0.25, 0.3) is 0 Å². The quantitative estimate of drug-likeness (QED) is 0.880. The van der Waals surface area contributed by atoms with Crippen molar-refractivity contribution in [2.75, 3.05) is 13.1 Å². The second kappa shape index (κ2) is 7.80. The lowest BCUT2D eigenvalue weighted by Crippen LogP contribution is -2.40. The van der Waals surface area contributed by atoms with Gasteiger partial charge >= 0.3 is 0 Å². The number of benzene rings is 1. The summed E-state index contributed by atoms with van der Waals surface area (Å²) in [4.78, 5) is 2.62. The first-order chi connectivity index (χ1) is 9.72. The second-order valence-electron chi connectivity index (χ2n) is 6.34. The molecule has 0 radical (unpaired) electrons. The van der Waals surface area contributed by atoms with Gasteiger partial charge < -0.3 is 5.73 Å². The average molecular weight is 274 g/mol. The standard InChI is InChI=1S/C18H30N2/c1-3-8-16-9-7-13-20(14-12-16)18(15(2)19)17-10-5-4-6-11-17/h4-6,10-11,15-16,18H,3,7-9,12-14,19H2,1-2H3. The monoisotopic (exact) mass is 274 g/mol. The third-order valence-electron chi connectivity index (χ3n) is 4.61. The van der Waals surface area contributed by atoms with Crippen LogP contribution in [0.3, 0.4) is 0 Å². The molecule has 0 bridgehead atoms. The highest BCUT2D eigenvalue weighted by Gasteiger charge is 2.26. The van der Waals surface area contributed by atoms with Gasteiger partial charge in [0.1, 0.15) is 0 Å². The molecule has 0 amide bonds. The zero-order chi connectivity index (χ0) is 14.4. The summed E-state index contributed by atoms with van der Waals surface area (Å²) in [7, 11) is 0. The van der Waals surface area contributed by atoms with Gasteiger partial charge in [-0.3, -0.25) is 4.90 Å². The molecule has 1 aromatic rings. The van der Waals surface area contributed by atoms with Gasteiger partial charge in [-0.2, -0.15) is 0 Å². The van der Waals surface area contributed by atoms with Crippen molar-refractivity contribution in [3.8, 4) is 0 Å². The molecule has 3 unspecified atom stereocenters. The largest absolute Gasteiger partial charge is 0.326 e. The molecule has 1 heterocycles. The normalized spacial score (nSPS) is 24.1. The zero-order valence-electron chi connectivity index (χ0n) is 13.1. The van der Waals surface area contributed by atoms with Gasteiger partial charge in [0.2, 0.25) is 0 Å². The molecule has 1 saturated heterocycles. The maximum absolute atomic E-state index is 6.30. The number of nitrogens with zero attached hydrogens (tertiary/aromatic N) is 1. The van der Waals surface area contributed by atoms with Crippen molar-refractivity contribution in [1.29, 1.82) is 0 Å². The highest BCUT2D eigenvalue weighted by molar-refractivity contribution is 5.20. The van der Waals surface area contributed by atoms with Gasteiger partial charge in [-0.05, 0) is 50.8 Å². The van der Waals surface area contributed by atoms with Crippen LogP contribution in [0.15, 0.2) is 30.3 Å². The molecule has 2 rings (SSSR count). The van der Waals surface area contributed by atoms with E-state index in [1.807, 2.05) is 0 Å². The topological polar surface area (TPSA) is 29.3 Å². The summed E-state index contributed by atoms with van der Waals surface area (Å²) >= 11 is 0. The highest BCUT2D eigenvalue weighted by Crippen LogP contribution is 2.29. The first-order valence-corrected chi connectivity index (χ1v) is 8.27. The molecule has 2 nitrogen and oxygen atoms in total. The Hall–Kier alpha value is -0.860. The van der Waals surface area contributed by atoms with Gasteiger partial charge in [0.25, 0.3) is 0 Å². The minimum absolute atomic E-state index is 0.181. The summed E-state index contributed by atoms with van der Waals surface area (Å²) in [5, 5.41) is 0. The van der Waals surface area contributed by atoms with Crippen LogP contribution >= 0.6 is 0 Å². The summed E-state index contributed by atoms with van der Waals surface area (Å²) in [5.41, 5.74) is 7.67. The van der Waals surface area contributed by atoms with Crippen LogP contribution in [0.4, 0.5) is 0 Å². The Morgan fingerprint density at radius 3 is 2.60 bits per heavy atom. The molecule has 0 aliphatic carbocycles.